The van der Waals surface area contributed by atoms with E-state index in [0.29, 0.717) is 19.3 Å². The van der Waals surface area contributed by atoms with Gasteiger partial charge >= 0.3 is 0 Å². The van der Waals surface area contributed by atoms with Crippen LogP contribution in [-0.2, 0) is 14.8 Å². The number of amides is 1. The molecule has 1 fully saturated rings. The van der Waals surface area contributed by atoms with Crippen LogP contribution in [0.15, 0.2) is 0 Å². The maximum atomic E-state index is 11.9. The average molecular weight is 320 g/mol. The fraction of sp³-hybridized carbons (Fsp3) is 0.929. The molecule has 124 valence electrons. The van der Waals surface area contributed by atoms with Crippen LogP contribution < -0.4 is 10.0 Å². The molecule has 1 atom stereocenters. The summed E-state index contributed by atoms with van der Waals surface area (Å²) in [7, 11) is -3.41. The van der Waals surface area contributed by atoms with Crippen LogP contribution in [0.4, 0.5) is 0 Å². The standard InChI is InChI=1S/C14H28N2O4S/c1-3-10-21(19,20)16-12(2)13(17)15-11-14(18)8-6-4-5-7-9-14/h12,16,18H,3-11H2,1-2H3,(H,15,17). The van der Waals surface area contributed by atoms with Gasteiger partial charge in [0.15, 0.2) is 0 Å². The van der Waals surface area contributed by atoms with E-state index in [1.54, 1.807) is 6.92 Å². The molecule has 1 unspecified atom stereocenters. The monoisotopic (exact) mass is 320 g/mol. The highest BCUT2D eigenvalue weighted by Gasteiger charge is 2.29. The van der Waals surface area contributed by atoms with E-state index in [1.165, 1.54) is 6.92 Å². The summed E-state index contributed by atoms with van der Waals surface area (Å²) >= 11 is 0. The Labute approximate surface area is 127 Å². The van der Waals surface area contributed by atoms with Gasteiger partial charge in [-0.15, -0.1) is 0 Å². The maximum absolute atomic E-state index is 11.9. The lowest BCUT2D eigenvalue weighted by molar-refractivity contribution is -0.123. The van der Waals surface area contributed by atoms with Gasteiger partial charge in [0.05, 0.1) is 17.4 Å². The number of rotatable bonds is 7. The van der Waals surface area contributed by atoms with Crippen LogP contribution in [-0.4, -0.2) is 43.4 Å². The van der Waals surface area contributed by atoms with Crippen molar-refractivity contribution in [3.8, 4) is 0 Å². The molecule has 0 spiro atoms. The number of aliphatic hydroxyl groups is 1. The Hall–Kier alpha value is -0.660. The summed E-state index contributed by atoms with van der Waals surface area (Å²) < 4.78 is 25.6. The third-order valence-electron chi connectivity index (χ3n) is 3.85. The Bertz CT molecular complexity index is 428. The zero-order valence-electron chi connectivity index (χ0n) is 13.0. The highest BCUT2D eigenvalue weighted by molar-refractivity contribution is 7.89. The second kappa shape index (κ2) is 8.10. The molecule has 0 bridgehead atoms. The summed E-state index contributed by atoms with van der Waals surface area (Å²) in [5, 5.41) is 13.1. The Balaban J connectivity index is 2.45. The summed E-state index contributed by atoms with van der Waals surface area (Å²) in [4.78, 5) is 11.9. The van der Waals surface area contributed by atoms with Crippen LogP contribution in [0.2, 0.25) is 0 Å². The van der Waals surface area contributed by atoms with E-state index < -0.39 is 27.6 Å². The van der Waals surface area contributed by atoms with Crippen LogP contribution in [0.5, 0.6) is 0 Å². The van der Waals surface area contributed by atoms with Crippen molar-refractivity contribution in [3.63, 3.8) is 0 Å². The summed E-state index contributed by atoms with van der Waals surface area (Å²) in [6.07, 6.45) is 6.03. The minimum Gasteiger partial charge on any atom is -0.388 e. The molecule has 0 heterocycles. The second-order valence-electron chi connectivity index (χ2n) is 6.01. The third-order valence-corrected chi connectivity index (χ3v) is 5.51. The zero-order valence-corrected chi connectivity index (χ0v) is 13.8. The first-order chi connectivity index (χ1) is 9.78. The van der Waals surface area contributed by atoms with Crippen molar-refractivity contribution in [1.29, 1.82) is 0 Å². The van der Waals surface area contributed by atoms with Crippen molar-refractivity contribution >= 4 is 15.9 Å². The van der Waals surface area contributed by atoms with Crippen LogP contribution in [0.3, 0.4) is 0 Å². The maximum Gasteiger partial charge on any atom is 0.237 e. The molecule has 6 nitrogen and oxygen atoms in total. The minimum atomic E-state index is -3.41. The van der Waals surface area contributed by atoms with Gasteiger partial charge in [0, 0.05) is 6.54 Å². The van der Waals surface area contributed by atoms with Gasteiger partial charge in [-0.05, 0) is 26.2 Å². The highest BCUT2D eigenvalue weighted by atomic mass is 32.2. The molecule has 0 radical (unpaired) electrons. The van der Waals surface area contributed by atoms with E-state index in [0.717, 1.165) is 25.7 Å². The van der Waals surface area contributed by atoms with E-state index in [-0.39, 0.29) is 12.3 Å². The van der Waals surface area contributed by atoms with Crippen LogP contribution in [0.25, 0.3) is 0 Å². The summed E-state index contributed by atoms with van der Waals surface area (Å²) in [6.45, 7) is 3.47. The van der Waals surface area contributed by atoms with Crippen molar-refractivity contribution in [2.45, 2.75) is 70.4 Å². The SMILES string of the molecule is CCCS(=O)(=O)NC(C)C(=O)NCC1(O)CCCCCC1. The van der Waals surface area contributed by atoms with Gasteiger partial charge in [0.1, 0.15) is 0 Å². The molecule has 0 aromatic carbocycles. The Morgan fingerprint density at radius 2 is 1.81 bits per heavy atom. The van der Waals surface area contributed by atoms with E-state index in [9.17, 15) is 18.3 Å². The molecule has 21 heavy (non-hydrogen) atoms. The smallest absolute Gasteiger partial charge is 0.237 e. The lowest BCUT2D eigenvalue weighted by atomic mass is 9.94. The van der Waals surface area contributed by atoms with Crippen LogP contribution in [0, 0.1) is 0 Å². The van der Waals surface area contributed by atoms with Crippen LogP contribution >= 0.6 is 0 Å². The van der Waals surface area contributed by atoms with Gasteiger partial charge < -0.3 is 10.4 Å². The van der Waals surface area contributed by atoms with Gasteiger partial charge in [-0.1, -0.05) is 32.6 Å². The number of carbonyl (C=O) groups excluding carboxylic acids is 1. The van der Waals surface area contributed by atoms with Gasteiger partial charge in [0.2, 0.25) is 15.9 Å². The molecule has 1 amide bonds. The number of nitrogens with one attached hydrogen (secondary N) is 2. The molecular formula is C14H28N2O4S. The number of hydrogen-bond acceptors (Lipinski definition) is 4. The molecule has 0 saturated heterocycles. The first-order valence-electron chi connectivity index (χ1n) is 7.78. The number of sulfonamides is 1. The number of carbonyl (C=O) groups is 1. The quantitative estimate of drug-likeness (QED) is 0.608. The molecule has 1 rings (SSSR count). The lowest BCUT2D eigenvalue weighted by Gasteiger charge is -2.27. The van der Waals surface area contributed by atoms with Gasteiger partial charge in [0.25, 0.3) is 0 Å². The molecule has 3 N–H and O–H groups in total. The molecule has 1 aliphatic carbocycles. The fourth-order valence-corrected chi connectivity index (χ4v) is 3.92. The molecular weight excluding hydrogens is 292 g/mol. The Morgan fingerprint density at radius 3 is 2.33 bits per heavy atom. The van der Waals surface area contributed by atoms with Crippen molar-refractivity contribution in [1.82, 2.24) is 10.0 Å². The van der Waals surface area contributed by atoms with Gasteiger partial charge in [-0.25, -0.2) is 13.1 Å². The number of hydrogen-bond donors (Lipinski definition) is 3. The molecule has 0 aliphatic heterocycles. The summed E-state index contributed by atoms with van der Waals surface area (Å²) in [5.74, 6) is -0.387. The molecule has 1 aliphatic rings. The topological polar surface area (TPSA) is 95.5 Å². The van der Waals surface area contributed by atoms with Gasteiger partial charge in [-0.3, -0.25) is 4.79 Å². The molecule has 7 heteroatoms. The largest absolute Gasteiger partial charge is 0.388 e. The first kappa shape index (κ1) is 18.4. The highest BCUT2D eigenvalue weighted by Crippen LogP contribution is 2.26. The fourth-order valence-electron chi connectivity index (χ4n) is 2.62. The molecule has 0 aromatic rings. The molecule has 1 saturated carbocycles. The average Bonchev–Trinajstić information content (AvgIpc) is 2.60. The first-order valence-corrected chi connectivity index (χ1v) is 9.43. The molecule has 0 aromatic heterocycles. The van der Waals surface area contributed by atoms with Crippen molar-refractivity contribution in [2.24, 2.45) is 0 Å². The van der Waals surface area contributed by atoms with Crippen molar-refractivity contribution < 1.29 is 18.3 Å². The summed E-state index contributed by atoms with van der Waals surface area (Å²) in [6, 6.07) is -0.823. The van der Waals surface area contributed by atoms with E-state index in [4.69, 9.17) is 0 Å². The third kappa shape index (κ3) is 6.76. The predicted molar refractivity (Wildman–Crippen MR) is 82.3 cm³/mol. The summed E-state index contributed by atoms with van der Waals surface area (Å²) in [5.41, 5.74) is -0.853. The van der Waals surface area contributed by atoms with Crippen molar-refractivity contribution in [3.05, 3.63) is 0 Å². The Kier molecular flexibility index (Phi) is 7.09. The minimum absolute atomic E-state index is 0.00849. The predicted octanol–water partition coefficient (Wildman–Crippen LogP) is 0.906. The lowest BCUT2D eigenvalue weighted by Crippen LogP contribution is -2.50. The van der Waals surface area contributed by atoms with E-state index in [1.807, 2.05) is 0 Å². The Morgan fingerprint density at radius 1 is 1.24 bits per heavy atom. The van der Waals surface area contributed by atoms with Gasteiger partial charge in [-0.2, -0.15) is 0 Å². The van der Waals surface area contributed by atoms with E-state index >= 15 is 0 Å². The van der Waals surface area contributed by atoms with Crippen LogP contribution in [0.1, 0.15) is 58.8 Å². The van der Waals surface area contributed by atoms with E-state index in [2.05, 4.69) is 10.0 Å². The van der Waals surface area contributed by atoms with Crippen molar-refractivity contribution in [2.75, 3.05) is 12.3 Å². The zero-order chi connectivity index (χ0) is 15.9. The normalized spacial score (nSPS) is 20.5. The second-order valence-corrected chi connectivity index (χ2v) is 7.89.